The van der Waals surface area contributed by atoms with Crippen LogP contribution in [0, 0.1) is 5.92 Å². The number of hydrogen-bond acceptors (Lipinski definition) is 5. The van der Waals surface area contributed by atoms with E-state index in [0.717, 1.165) is 31.2 Å². The third kappa shape index (κ3) is 14.6. The standard InChI is InChI=1S/C23H35ClN4O4.C2HF3O2/c24-18-11-9-17(10-12-18)15-26-21(29)20(14-16-6-2-1-3-7-16)28-23(32)27-19(22(30)31)8-4-5-13-25;3-2(4,5)1(6)7/h9-12,16,19-20H,1-8,13-15,25H2,(H,26,29)(H,30,31)(H2,27,28,32);(H,6,7)/t19-,20+;/m0./s1. The molecule has 0 spiro atoms. The van der Waals surface area contributed by atoms with Gasteiger partial charge in [-0.1, -0.05) is 55.8 Å². The minimum absolute atomic E-state index is 0.282. The summed E-state index contributed by atoms with van der Waals surface area (Å²) in [6.45, 7) is 0.785. The van der Waals surface area contributed by atoms with Gasteiger partial charge in [0.1, 0.15) is 12.1 Å². The molecule has 1 aromatic rings. The van der Waals surface area contributed by atoms with Crippen LogP contribution in [0.1, 0.15) is 63.4 Å². The van der Waals surface area contributed by atoms with Crippen molar-refractivity contribution in [2.45, 2.75) is 82.6 Å². The Morgan fingerprint density at radius 2 is 1.54 bits per heavy atom. The minimum Gasteiger partial charge on any atom is -0.480 e. The molecule has 1 fully saturated rings. The van der Waals surface area contributed by atoms with Crippen LogP contribution in [0.25, 0.3) is 0 Å². The van der Waals surface area contributed by atoms with Crippen LogP contribution in [0.2, 0.25) is 5.02 Å². The van der Waals surface area contributed by atoms with Gasteiger partial charge >= 0.3 is 24.1 Å². The van der Waals surface area contributed by atoms with Gasteiger partial charge < -0.3 is 31.9 Å². The van der Waals surface area contributed by atoms with Crippen molar-refractivity contribution in [2.75, 3.05) is 6.54 Å². The molecule has 220 valence electrons. The molecule has 0 unspecified atom stereocenters. The van der Waals surface area contributed by atoms with Crippen LogP contribution in [-0.2, 0) is 20.9 Å². The van der Waals surface area contributed by atoms with E-state index in [1.165, 1.54) is 6.42 Å². The van der Waals surface area contributed by atoms with Crippen molar-refractivity contribution in [3.05, 3.63) is 34.9 Å². The van der Waals surface area contributed by atoms with E-state index in [0.29, 0.717) is 43.3 Å². The summed E-state index contributed by atoms with van der Waals surface area (Å²) in [5, 5.41) is 25.2. The number of hydrogen-bond donors (Lipinski definition) is 6. The summed E-state index contributed by atoms with van der Waals surface area (Å²) in [5.74, 6) is -3.79. The zero-order valence-electron chi connectivity index (χ0n) is 21.4. The van der Waals surface area contributed by atoms with Crippen LogP contribution in [0.15, 0.2) is 24.3 Å². The lowest BCUT2D eigenvalue weighted by Gasteiger charge is -2.27. The van der Waals surface area contributed by atoms with E-state index in [9.17, 15) is 32.7 Å². The number of urea groups is 1. The molecule has 7 N–H and O–H groups in total. The van der Waals surface area contributed by atoms with Crippen LogP contribution in [0.3, 0.4) is 0 Å². The summed E-state index contributed by atoms with van der Waals surface area (Å²) >= 11 is 5.90. The van der Waals surface area contributed by atoms with Crippen LogP contribution < -0.4 is 21.7 Å². The molecule has 1 aliphatic carbocycles. The van der Waals surface area contributed by atoms with Crippen LogP contribution >= 0.6 is 11.6 Å². The van der Waals surface area contributed by atoms with Gasteiger partial charge in [-0.15, -0.1) is 0 Å². The molecule has 1 aromatic carbocycles. The number of carboxylic acids is 2. The number of carbonyl (C=O) groups is 4. The predicted octanol–water partition coefficient (Wildman–Crippen LogP) is 3.81. The molecule has 0 heterocycles. The molecule has 0 bridgehead atoms. The number of carbonyl (C=O) groups excluding carboxylic acids is 2. The Hall–Kier alpha value is -3.06. The Kier molecular flexibility index (Phi) is 15.3. The zero-order valence-corrected chi connectivity index (χ0v) is 22.2. The van der Waals surface area contributed by atoms with Gasteiger partial charge in [0.05, 0.1) is 0 Å². The molecule has 0 radical (unpaired) electrons. The lowest BCUT2D eigenvalue weighted by atomic mass is 9.84. The summed E-state index contributed by atoms with van der Waals surface area (Å²) < 4.78 is 31.7. The minimum atomic E-state index is -5.08. The smallest absolute Gasteiger partial charge is 0.480 e. The first-order valence-electron chi connectivity index (χ1n) is 12.7. The normalized spacial score (nSPS) is 15.2. The molecule has 2 atom stereocenters. The lowest BCUT2D eigenvalue weighted by molar-refractivity contribution is -0.192. The van der Waals surface area contributed by atoms with Crippen molar-refractivity contribution in [1.29, 1.82) is 0 Å². The number of halogens is 4. The third-order valence-electron chi connectivity index (χ3n) is 6.09. The van der Waals surface area contributed by atoms with Gasteiger partial charge in [-0.2, -0.15) is 13.2 Å². The Labute approximate surface area is 229 Å². The van der Waals surface area contributed by atoms with Crippen molar-refractivity contribution < 1.29 is 42.6 Å². The van der Waals surface area contributed by atoms with Crippen molar-refractivity contribution in [3.63, 3.8) is 0 Å². The largest absolute Gasteiger partial charge is 0.490 e. The first-order chi connectivity index (χ1) is 18.3. The fourth-order valence-corrected chi connectivity index (χ4v) is 4.14. The fraction of sp³-hybridized carbons (Fsp3) is 0.600. The molecule has 14 heteroatoms. The van der Waals surface area contributed by atoms with E-state index >= 15 is 0 Å². The van der Waals surface area contributed by atoms with E-state index in [4.69, 9.17) is 27.2 Å². The lowest BCUT2D eigenvalue weighted by Crippen LogP contribution is -2.53. The second kappa shape index (κ2) is 17.5. The van der Waals surface area contributed by atoms with Gasteiger partial charge in [0.2, 0.25) is 5.91 Å². The highest BCUT2D eigenvalue weighted by Crippen LogP contribution is 2.27. The second-order valence-corrected chi connectivity index (χ2v) is 9.67. The average molecular weight is 581 g/mol. The predicted molar refractivity (Wildman–Crippen MR) is 138 cm³/mol. The highest BCUT2D eigenvalue weighted by molar-refractivity contribution is 6.30. The van der Waals surface area contributed by atoms with Crippen molar-refractivity contribution in [3.8, 4) is 0 Å². The van der Waals surface area contributed by atoms with Gasteiger partial charge in [-0.05, 0) is 55.8 Å². The fourth-order valence-electron chi connectivity index (χ4n) is 4.01. The SMILES string of the molecule is NCCCC[C@H](NC(=O)N[C@H](CC1CCCCC1)C(=O)NCc1ccc(Cl)cc1)C(=O)O.O=C(O)C(F)(F)F. The highest BCUT2D eigenvalue weighted by atomic mass is 35.5. The van der Waals surface area contributed by atoms with Crippen molar-refractivity contribution in [1.82, 2.24) is 16.0 Å². The van der Waals surface area contributed by atoms with Crippen LogP contribution in [-0.4, -0.2) is 58.9 Å². The Morgan fingerprint density at radius 3 is 2.05 bits per heavy atom. The molecule has 0 aromatic heterocycles. The molecule has 0 aliphatic heterocycles. The molecule has 10 nitrogen and oxygen atoms in total. The van der Waals surface area contributed by atoms with Gasteiger partial charge in [-0.3, -0.25) is 4.79 Å². The van der Waals surface area contributed by atoms with Crippen molar-refractivity contribution >= 4 is 35.5 Å². The summed E-state index contributed by atoms with van der Waals surface area (Å²) in [5.41, 5.74) is 6.36. The number of aliphatic carboxylic acids is 2. The maximum absolute atomic E-state index is 12.9. The van der Waals surface area contributed by atoms with E-state index in [1.807, 2.05) is 12.1 Å². The molecular formula is C25H36ClF3N4O6. The zero-order chi connectivity index (χ0) is 29.4. The number of unbranched alkanes of at least 4 members (excludes halogenated alkanes) is 1. The second-order valence-electron chi connectivity index (χ2n) is 9.23. The molecule has 3 amide bonds. The van der Waals surface area contributed by atoms with Crippen LogP contribution in [0.4, 0.5) is 18.0 Å². The summed E-state index contributed by atoms with van der Waals surface area (Å²) in [4.78, 5) is 45.8. The number of amides is 3. The first-order valence-corrected chi connectivity index (χ1v) is 13.0. The van der Waals surface area contributed by atoms with E-state index in [-0.39, 0.29) is 12.3 Å². The Balaban J connectivity index is 0.000000956. The average Bonchev–Trinajstić information content (AvgIpc) is 2.87. The summed E-state index contributed by atoms with van der Waals surface area (Å²) in [6, 6.07) is 4.77. The van der Waals surface area contributed by atoms with E-state index < -0.39 is 36.2 Å². The number of carboxylic acid groups (broad SMARTS) is 2. The van der Waals surface area contributed by atoms with Gasteiger partial charge in [0.25, 0.3) is 0 Å². The number of nitrogens with two attached hydrogens (primary N) is 1. The maximum Gasteiger partial charge on any atom is 0.490 e. The van der Waals surface area contributed by atoms with Gasteiger partial charge in [0.15, 0.2) is 0 Å². The molecule has 1 saturated carbocycles. The molecule has 1 aliphatic rings. The number of alkyl halides is 3. The molecule has 0 saturated heterocycles. The Bertz CT molecular complexity index is 927. The number of rotatable bonds is 12. The number of nitrogens with one attached hydrogen (secondary N) is 3. The summed E-state index contributed by atoms with van der Waals surface area (Å²) in [7, 11) is 0. The molecule has 2 rings (SSSR count). The highest BCUT2D eigenvalue weighted by Gasteiger charge is 2.38. The van der Waals surface area contributed by atoms with Gasteiger partial charge in [0, 0.05) is 11.6 Å². The van der Waals surface area contributed by atoms with Gasteiger partial charge in [-0.25, -0.2) is 14.4 Å². The third-order valence-corrected chi connectivity index (χ3v) is 6.34. The summed E-state index contributed by atoms with van der Waals surface area (Å²) in [6.07, 6.45) is 2.52. The quantitative estimate of drug-likeness (QED) is 0.204. The number of benzene rings is 1. The topological polar surface area (TPSA) is 171 Å². The van der Waals surface area contributed by atoms with E-state index in [2.05, 4.69) is 16.0 Å². The monoisotopic (exact) mass is 580 g/mol. The molecular weight excluding hydrogens is 545 g/mol. The maximum atomic E-state index is 12.9. The van der Waals surface area contributed by atoms with E-state index in [1.54, 1.807) is 12.1 Å². The first kappa shape index (κ1) is 34.0. The van der Waals surface area contributed by atoms with Crippen LogP contribution in [0.5, 0.6) is 0 Å². The molecule has 39 heavy (non-hydrogen) atoms. The Morgan fingerprint density at radius 1 is 0.974 bits per heavy atom. The van der Waals surface area contributed by atoms with Crippen molar-refractivity contribution in [2.24, 2.45) is 11.7 Å².